The zero-order chi connectivity index (χ0) is 22.1. The Morgan fingerprint density at radius 2 is 1.57 bits per heavy atom. The maximum absolute atomic E-state index is 13.5. The molecule has 3 aromatic carbocycles. The molecule has 0 unspecified atom stereocenters. The van der Waals surface area contributed by atoms with Crippen LogP contribution in [0.25, 0.3) is 0 Å². The number of nitrogens with one attached hydrogen (secondary N) is 1. The molecule has 0 atom stereocenters. The molecule has 0 aliphatic heterocycles. The highest BCUT2D eigenvalue weighted by Crippen LogP contribution is 2.24. The van der Waals surface area contributed by atoms with Gasteiger partial charge in [0.2, 0.25) is 0 Å². The Morgan fingerprint density at radius 3 is 2.17 bits per heavy atom. The second-order valence-corrected chi connectivity index (χ2v) is 9.94. The summed E-state index contributed by atoms with van der Waals surface area (Å²) in [6.07, 6.45) is 0. The van der Waals surface area contributed by atoms with Gasteiger partial charge in [-0.25, -0.2) is 12.8 Å². The molecule has 0 fully saturated rings. The van der Waals surface area contributed by atoms with Crippen molar-refractivity contribution in [3.05, 3.63) is 94.8 Å². The number of anilines is 1. The predicted molar refractivity (Wildman–Crippen MR) is 117 cm³/mol. The minimum absolute atomic E-state index is 0.0154. The van der Waals surface area contributed by atoms with E-state index < -0.39 is 15.8 Å². The van der Waals surface area contributed by atoms with Gasteiger partial charge < -0.3 is 0 Å². The quantitative estimate of drug-likeness (QED) is 0.552. The number of carbonyl (C=O) groups excluding carboxylic acids is 1. The van der Waals surface area contributed by atoms with Gasteiger partial charge in [-0.15, -0.1) is 0 Å². The van der Waals surface area contributed by atoms with E-state index in [0.29, 0.717) is 11.1 Å². The third-order valence-electron chi connectivity index (χ3n) is 4.83. The Balaban J connectivity index is 1.85. The number of ketones is 1. The van der Waals surface area contributed by atoms with Gasteiger partial charge in [-0.05, 0) is 53.8 Å². The molecular weight excluding hydrogens is 401 g/mol. The Hall–Kier alpha value is -2.99. The molecule has 1 N–H and O–H groups in total. The minimum atomic E-state index is -3.91. The summed E-state index contributed by atoms with van der Waals surface area (Å²) in [4.78, 5) is 12.8. The van der Waals surface area contributed by atoms with E-state index in [2.05, 4.69) is 25.5 Å². The lowest BCUT2D eigenvalue weighted by Gasteiger charge is -2.19. The molecule has 0 radical (unpaired) electrons. The number of sulfonamides is 1. The van der Waals surface area contributed by atoms with Crippen LogP contribution < -0.4 is 4.72 Å². The minimum Gasteiger partial charge on any atom is -0.289 e. The largest absolute Gasteiger partial charge is 0.289 e. The molecule has 0 saturated heterocycles. The number of halogens is 1. The Bertz CT molecular complexity index is 1190. The highest BCUT2D eigenvalue weighted by molar-refractivity contribution is 7.92. The molecule has 0 aliphatic carbocycles. The van der Waals surface area contributed by atoms with E-state index in [1.54, 1.807) is 30.3 Å². The topological polar surface area (TPSA) is 63.2 Å². The smallest absolute Gasteiger partial charge is 0.261 e. The lowest BCUT2D eigenvalue weighted by atomic mass is 9.86. The van der Waals surface area contributed by atoms with Crippen molar-refractivity contribution in [2.45, 2.75) is 38.0 Å². The van der Waals surface area contributed by atoms with Gasteiger partial charge >= 0.3 is 0 Å². The van der Waals surface area contributed by atoms with Crippen LogP contribution in [0, 0.1) is 12.7 Å². The molecule has 0 aliphatic rings. The zero-order valence-electron chi connectivity index (χ0n) is 17.4. The summed E-state index contributed by atoms with van der Waals surface area (Å²) in [6.45, 7) is 7.80. The van der Waals surface area contributed by atoms with Crippen molar-refractivity contribution in [3.8, 4) is 0 Å². The first kappa shape index (κ1) is 21.7. The molecule has 4 nitrogen and oxygen atoms in total. The number of benzene rings is 3. The van der Waals surface area contributed by atoms with Crippen LogP contribution in [-0.4, -0.2) is 14.2 Å². The molecule has 30 heavy (non-hydrogen) atoms. The van der Waals surface area contributed by atoms with E-state index in [9.17, 15) is 17.6 Å². The van der Waals surface area contributed by atoms with Crippen molar-refractivity contribution in [3.63, 3.8) is 0 Å². The van der Waals surface area contributed by atoms with Gasteiger partial charge in [0, 0.05) is 16.8 Å². The van der Waals surface area contributed by atoms with Crippen LogP contribution >= 0.6 is 0 Å². The van der Waals surface area contributed by atoms with Crippen LogP contribution in [0.5, 0.6) is 0 Å². The molecule has 3 rings (SSSR count). The first-order valence-corrected chi connectivity index (χ1v) is 11.0. The molecule has 3 aromatic rings. The molecular formula is C24H24FNO3S. The zero-order valence-corrected chi connectivity index (χ0v) is 18.2. The monoisotopic (exact) mass is 425 g/mol. The molecule has 0 saturated carbocycles. The molecule has 0 spiro atoms. The standard InChI is InChI=1S/C24H24FNO3S/c1-16-14-21(12-13-22(16)25)30(28,29)26-20-7-5-6-18(15-20)23(27)17-8-10-19(11-9-17)24(2,3)4/h5-15,26H,1-4H3. The Kier molecular flexibility index (Phi) is 5.81. The molecule has 0 aromatic heterocycles. The first-order valence-electron chi connectivity index (χ1n) is 9.52. The lowest BCUT2D eigenvalue weighted by Crippen LogP contribution is -2.14. The molecule has 0 bridgehead atoms. The summed E-state index contributed by atoms with van der Waals surface area (Å²) < 4.78 is 41.2. The van der Waals surface area contributed by atoms with Crippen LogP contribution in [-0.2, 0) is 15.4 Å². The van der Waals surface area contributed by atoms with Gasteiger partial charge in [-0.1, -0.05) is 57.2 Å². The Labute approximate surface area is 176 Å². The SMILES string of the molecule is Cc1cc(S(=O)(=O)Nc2cccc(C(=O)c3ccc(C(C)(C)C)cc3)c2)ccc1F. The van der Waals surface area contributed by atoms with Crippen molar-refractivity contribution >= 4 is 21.5 Å². The van der Waals surface area contributed by atoms with Crippen molar-refractivity contribution < 1.29 is 17.6 Å². The van der Waals surface area contributed by atoms with Crippen molar-refractivity contribution in [1.29, 1.82) is 0 Å². The van der Waals surface area contributed by atoms with E-state index in [0.717, 1.165) is 11.6 Å². The van der Waals surface area contributed by atoms with Crippen LogP contribution in [0.3, 0.4) is 0 Å². The van der Waals surface area contributed by atoms with Crippen LogP contribution in [0.1, 0.15) is 47.8 Å². The molecule has 156 valence electrons. The molecule has 0 amide bonds. The summed E-state index contributed by atoms with van der Waals surface area (Å²) in [5.41, 5.74) is 2.49. The van der Waals surface area contributed by atoms with Crippen LogP contribution in [0.15, 0.2) is 71.6 Å². The van der Waals surface area contributed by atoms with Gasteiger partial charge in [0.05, 0.1) is 4.90 Å². The van der Waals surface area contributed by atoms with Crippen molar-refractivity contribution in [1.82, 2.24) is 0 Å². The maximum Gasteiger partial charge on any atom is 0.261 e. The number of rotatable bonds is 5. The van der Waals surface area contributed by atoms with Gasteiger partial charge in [0.15, 0.2) is 5.78 Å². The number of hydrogen-bond donors (Lipinski definition) is 1. The Morgan fingerprint density at radius 1 is 0.900 bits per heavy atom. The average Bonchev–Trinajstić information content (AvgIpc) is 2.68. The number of aryl methyl sites for hydroxylation is 1. The highest BCUT2D eigenvalue weighted by Gasteiger charge is 2.18. The molecule has 6 heteroatoms. The van der Waals surface area contributed by atoms with E-state index in [1.807, 2.05) is 12.1 Å². The lowest BCUT2D eigenvalue weighted by molar-refractivity contribution is 0.103. The fourth-order valence-corrected chi connectivity index (χ4v) is 4.14. The van der Waals surface area contributed by atoms with E-state index in [1.165, 1.54) is 25.1 Å². The summed E-state index contributed by atoms with van der Waals surface area (Å²) in [6, 6.07) is 17.3. The predicted octanol–water partition coefficient (Wildman–Crippen LogP) is 5.46. The summed E-state index contributed by atoms with van der Waals surface area (Å²) in [5, 5.41) is 0. The fourth-order valence-electron chi connectivity index (χ4n) is 3.01. The average molecular weight is 426 g/mol. The number of hydrogen-bond acceptors (Lipinski definition) is 3. The van der Waals surface area contributed by atoms with Crippen LogP contribution in [0.2, 0.25) is 0 Å². The van der Waals surface area contributed by atoms with E-state index in [4.69, 9.17) is 0 Å². The third-order valence-corrected chi connectivity index (χ3v) is 6.21. The summed E-state index contributed by atoms with van der Waals surface area (Å²) >= 11 is 0. The summed E-state index contributed by atoms with van der Waals surface area (Å²) in [5.74, 6) is -0.673. The third kappa shape index (κ3) is 4.76. The van der Waals surface area contributed by atoms with Gasteiger partial charge in [-0.3, -0.25) is 9.52 Å². The summed E-state index contributed by atoms with van der Waals surface area (Å²) in [7, 11) is -3.91. The molecule has 0 heterocycles. The second kappa shape index (κ2) is 8.03. The first-order chi connectivity index (χ1) is 14.0. The van der Waals surface area contributed by atoms with Crippen molar-refractivity contribution in [2.24, 2.45) is 0 Å². The maximum atomic E-state index is 13.5. The number of carbonyl (C=O) groups is 1. The highest BCUT2D eigenvalue weighted by atomic mass is 32.2. The van der Waals surface area contributed by atoms with Gasteiger partial charge in [-0.2, -0.15) is 0 Å². The normalized spacial score (nSPS) is 11.9. The van der Waals surface area contributed by atoms with E-state index >= 15 is 0 Å². The van der Waals surface area contributed by atoms with Gasteiger partial charge in [0.1, 0.15) is 5.82 Å². The fraction of sp³-hybridized carbons (Fsp3) is 0.208. The van der Waals surface area contributed by atoms with E-state index in [-0.39, 0.29) is 27.3 Å². The van der Waals surface area contributed by atoms with Crippen LogP contribution in [0.4, 0.5) is 10.1 Å². The second-order valence-electron chi connectivity index (χ2n) is 8.25. The van der Waals surface area contributed by atoms with Crippen molar-refractivity contribution in [2.75, 3.05) is 4.72 Å². The van der Waals surface area contributed by atoms with Gasteiger partial charge in [0.25, 0.3) is 10.0 Å².